The van der Waals surface area contributed by atoms with E-state index in [0.29, 0.717) is 5.75 Å². The topological polar surface area (TPSA) is 131 Å². The number of phenols is 1. The van der Waals surface area contributed by atoms with Gasteiger partial charge in [-0.25, -0.2) is 0 Å². The molecule has 0 aliphatic rings. The fraction of sp³-hybridized carbons (Fsp3) is 0.156. The smallest absolute Gasteiger partial charge is 0.339 e. The SMILES string of the molecule is COc1ccc(-c2oc3c(OCc4ccccc4)c(OC)c(OC)c(O)c3c(=O)c2OS(=O)(=O)c2ccc(C)cc2)cc1. The maximum absolute atomic E-state index is 14.1. The predicted molar refractivity (Wildman–Crippen MR) is 159 cm³/mol. The molecule has 222 valence electrons. The summed E-state index contributed by atoms with van der Waals surface area (Å²) in [6.45, 7) is 1.85. The molecule has 5 aromatic rings. The Morgan fingerprint density at radius 2 is 1.42 bits per heavy atom. The van der Waals surface area contributed by atoms with Gasteiger partial charge in [-0.1, -0.05) is 48.0 Å². The Balaban J connectivity index is 1.80. The number of aromatic hydroxyl groups is 1. The number of fused-ring (bicyclic) bond motifs is 1. The van der Waals surface area contributed by atoms with Gasteiger partial charge in [0.1, 0.15) is 22.6 Å². The number of hydrogen-bond donors (Lipinski definition) is 1. The van der Waals surface area contributed by atoms with Crippen molar-refractivity contribution >= 4 is 21.1 Å². The van der Waals surface area contributed by atoms with E-state index in [2.05, 4.69) is 0 Å². The van der Waals surface area contributed by atoms with Crippen LogP contribution in [0.5, 0.6) is 34.5 Å². The van der Waals surface area contributed by atoms with Crippen molar-refractivity contribution < 1.29 is 41.1 Å². The largest absolute Gasteiger partial charge is 0.504 e. The molecular formula is C32H28O10S. The Labute approximate surface area is 247 Å². The molecule has 0 radical (unpaired) electrons. The third kappa shape index (κ3) is 5.67. The molecule has 0 aliphatic carbocycles. The van der Waals surface area contributed by atoms with Crippen molar-refractivity contribution in [2.75, 3.05) is 21.3 Å². The second-order valence-electron chi connectivity index (χ2n) is 9.39. The van der Waals surface area contributed by atoms with Gasteiger partial charge in [0.2, 0.25) is 28.4 Å². The van der Waals surface area contributed by atoms with Gasteiger partial charge >= 0.3 is 10.1 Å². The molecule has 0 amide bonds. The van der Waals surface area contributed by atoms with Crippen LogP contribution in [0.15, 0.2) is 93.0 Å². The molecule has 0 atom stereocenters. The first kappa shape index (κ1) is 29.3. The third-order valence-electron chi connectivity index (χ3n) is 6.63. The molecule has 1 aromatic heterocycles. The van der Waals surface area contributed by atoms with Crippen LogP contribution in [0.3, 0.4) is 0 Å². The lowest BCUT2D eigenvalue weighted by Gasteiger charge is -2.19. The van der Waals surface area contributed by atoms with Gasteiger partial charge in [0.05, 0.1) is 21.3 Å². The first-order valence-electron chi connectivity index (χ1n) is 13.0. The Kier molecular flexibility index (Phi) is 8.18. The molecular weight excluding hydrogens is 576 g/mol. The zero-order valence-corrected chi connectivity index (χ0v) is 24.6. The van der Waals surface area contributed by atoms with E-state index in [1.54, 1.807) is 43.3 Å². The maximum Gasteiger partial charge on any atom is 0.339 e. The van der Waals surface area contributed by atoms with Crippen LogP contribution < -0.4 is 28.6 Å². The normalized spacial score (nSPS) is 11.3. The number of benzene rings is 4. The second-order valence-corrected chi connectivity index (χ2v) is 10.9. The highest BCUT2D eigenvalue weighted by molar-refractivity contribution is 7.87. The van der Waals surface area contributed by atoms with Crippen molar-refractivity contribution in [3.05, 3.63) is 100 Å². The van der Waals surface area contributed by atoms with Crippen molar-refractivity contribution in [1.82, 2.24) is 0 Å². The summed E-state index contributed by atoms with van der Waals surface area (Å²) in [6.07, 6.45) is 0. The summed E-state index contributed by atoms with van der Waals surface area (Å²) in [7, 11) is -0.408. The van der Waals surface area contributed by atoms with Crippen LogP contribution in [-0.4, -0.2) is 34.9 Å². The average Bonchev–Trinajstić information content (AvgIpc) is 3.02. The number of hydrogen-bond acceptors (Lipinski definition) is 10. The second kappa shape index (κ2) is 12.0. The van der Waals surface area contributed by atoms with Gasteiger partial charge in [-0.2, -0.15) is 8.42 Å². The van der Waals surface area contributed by atoms with E-state index >= 15 is 0 Å². The fourth-order valence-electron chi connectivity index (χ4n) is 4.43. The lowest BCUT2D eigenvalue weighted by atomic mass is 10.1. The molecule has 0 fully saturated rings. The minimum Gasteiger partial charge on any atom is -0.504 e. The van der Waals surface area contributed by atoms with Gasteiger partial charge in [-0.05, 0) is 48.9 Å². The number of methoxy groups -OCH3 is 3. The Bertz CT molecular complexity index is 1930. The first-order chi connectivity index (χ1) is 20.7. The molecule has 0 spiro atoms. The summed E-state index contributed by atoms with van der Waals surface area (Å²) in [5, 5.41) is 10.8. The maximum atomic E-state index is 14.1. The number of rotatable bonds is 10. The summed E-state index contributed by atoms with van der Waals surface area (Å²) >= 11 is 0. The molecule has 0 aliphatic heterocycles. The molecule has 11 heteroatoms. The molecule has 0 saturated carbocycles. The van der Waals surface area contributed by atoms with Crippen molar-refractivity contribution in [1.29, 1.82) is 0 Å². The van der Waals surface area contributed by atoms with E-state index in [4.69, 9.17) is 27.5 Å². The van der Waals surface area contributed by atoms with Crippen LogP contribution in [0.25, 0.3) is 22.3 Å². The summed E-state index contributed by atoms with van der Waals surface area (Å²) in [4.78, 5) is 14.0. The van der Waals surface area contributed by atoms with E-state index in [1.165, 1.54) is 33.5 Å². The third-order valence-corrected chi connectivity index (χ3v) is 7.87. The van der Waals surface area contributed by atoms with Crippen LogP contribution in [0.1, 0.15) is 11.1 Å². The molecule has 1 N–H and O–H groups in total. The van der Waals surface area contributed by atoms with E-state index in [9.17, 15) is 18.3 Å². The lowest BCUT2D eigenvalue weighted by Crippen LogP contribution is -2.17. The standard InChI is InChI=1S/C32H28O10S/c1-19-10-16-23(17-11-19)43(35,36)42-30-26(34)24-25(33)29(38-3)31(39-4)32(40-18-20-8-6-5-7-9-20)28(24)41-27(30)21-12-14-22(37-2)15-13-21/h5-17,33H,18H2,1-4H3. The highest BCUT2D eigenvalue weighted by atomic mass is 32.2. The average molecular weight is 605 g/mol. The van der Waals surface area contributed by atoms with Crippen molar-refractivity contribution in [3.63, 3.8) is 0 Å². The van der Waals surface area contributed by atoms with Crippen molar-refractivity contribution in [2.24, 2.45) is 0 Å². The van der Waals surface area contributed by atoms with Gasteiger partial charge < -0.3 is 32.7 Å². The van der Waals surface area contributed by atoms with Gasteiger partial charge in [-0.3, -0.25) is 4.79 Å². The number of phenolic OH excluding ortho intramolecular Hbond substituents is 1. The lowest BCUT2D eigenvalue weighted by molar-refractivity contribution is 0.271. The molecule has 0 unspecified atom stereocenters. The van der Waals surface area contributed by atoms with Crippen LogP contribution >= 0.6 is 0 Å². The molecule has 43 heavy (non-hydrogen) atoms. The Morgan fingerprint density at radius 1 is 0.767 bits per heavy atom. The Morgan fingerprint density at radius 3 is 2.02 bits per heavy atom. The minimum atomic E-state index is -4.52. The summed E-state index contributed by atoms with van der Waals surface area (Å²) in [5.74, 6) is -1.33. The van der Waals surface area contributed by atoms with Crippen LogP contribution in [0.4, 0.5) is 0 Å². The van der Waals surface area contributed by atoms with E-state index in [0.717, 1.165) is 11.1 Å². The van der Waals surface area contributed by atoms with Gasteiger partial charge in [0.25, 0.3) is 0 Å². The van der Waals surface area contributed by atoms with E-state index in [1.807, 2.05) is 30.3 Å². The zero-order valence-electron chi connectivity index (χ0n) is 23.7. The molecule has 4 aromatic carbocycles. The van der Waals surface area contributed by atoms with Gasteiger partial charge in [0, 0.05) is 5.56 Å². The molecule has 10 nitrogen and oxygen atoms in total. The zero-order chi connectivity index (χ0) is 30.7. The molecule has 5 rings (SSSR count). The quantitative estimate of drug-likeness (QED) is 0.194. The minimum absolute atomic E-state index is 0.0341. The van der Waals surface area contributed by atoms with Gasteiger partial charge in [-0.15, -0.1) is 0 Å². The summed E-state index contributed by atoms with van der Waals surface area (Å²) < 4.78 is 60.7. The molecule has 0 saturated heterocycles. The summed E-state index contributed by atoms with van der Waals surface area (Å²) in [5.41, 5.74) is 0.730. The summed E-state index contributed by atoms with van der Waals surface area (Å²) in [6, 6.07) is 21.5. The first-order valence-corrected chi connectivity index (χ1v) is 14.4. The number of ether oxygens (including phenoxy) is 4. The highest BCUT2D eigenvalue weighted by Crippen LogP contribution is 2.51. The van der Waals surface area contributed by atoms with Crippen LogP contribution in [0, 0.1) is 6.92 Å². The predicted octanol–water partition coefficient (Wildman–Crippen LogP) is 5.85. The Hall–Kier alpha value is -5.16. The van der Waals surface area contributed by atoms with Crippen molar-refractivity contribution in [2.45, 2.75) is 18.4 Å². The number of aryl methyl sites for hydroxylation is 1. The van der Waals surface area contributed by atoms with Crippen LogP contribution in [0.2, 0.25) is 0 Å². The molecule has 1 heterocycles. The monoisotopic (exact) mass is 604 g/mol. The highest BCUT2D eigenvalue weighted by Gasteiger charge is 2.32. The van der Waals surface area contributed by atoms with Gasteiger partial charge in [0.15, 0.2) is 17.1 Å². The molecule has 0 bridgehead atoms. The van der Waals surface area contributed by atoms with E-state index < -0.39 is 32.4 Å². The van der Waals surface area contributed by atoms with Crippen LogP contribution in [-0.2, 0) is 16.7 Å². The van der Waals surface area contributed by atoms with E-state index in [-0.39, 0.29) is 45.7 Å². The fourth-order valence-corrected chi connectivity index (χ4v) is 5.36. The van der Waals surface area contributed by atoms with Crippen molar-refractivity contribution in [3.8, 4) is 45.8 Å².